The van der Waals surface area contributed by atoms with Crippen LogP contribution in [0.4, 0.5) is 10.1 Å². The highest BCUT2D eigenvalue weighted by molar-refractivity contribution is 6.39. The molecule has 2 N–H and O–H groups in total. The van der Waals surface area contributed by atoms with E-state index >= 15 is 0 Å². The third-order valence-corrected chi connectivity index (χ3v) is 4.69. The Labute approximate surface area is 195 Å². The van der Waals surface area contributed by atoms with E-state index in [4.69, 9.17) is 14.2 Å². The number of para-hydroxylation sites is 1. The van der Waals surface area contributed by atoms with Gasteiger partial charge in [0.25, 0.3) is 5.91 Å². The number of nitrogens with zero attached hydrogens (tertiary/aromatic N) is 2. The molecule has 1 aliphatic heterocycles. The largest absolute Gasteiger partial charge is 0.490 e. The van der Waals surface area contributed by atoms with E-state index in [-0.39, 0.29) is 18.2 Å². The second-order valence-electron chi connectivity index (χ2n) is 7.05. The molecule has 1 aliphatic rings. The van der Waals surface area contributed by atoms with Crippen LogP contribution in [0.1, 0.15) is 12.5 Å². The molecule has 0 aliphatic carbocycles. The number of morpholine rings is 1. The van der Waals surface area contributed by atoms with Gasteiger partial charge in [0.2, 0.25) is 0 Å². The molecule has 0 aromatic heterocycles. The summed E-state index contributed by atoms with van der Waals surface area (Å²) in [6.07, 6.45) is 1.31. The summed E-state index contributed by atoms with van der Waals surface area (Å²) in [6, 6.07) is 10.4. The van der Waals surface area contributed by atoms with Crippen LogP contribution in [0.3, 0.4) is 0 Å². The van der Waals surface area contributed by atoms with Crippen molar-refractivity contribution in [3.8, 4) is 11.5 Å². The topological polar surface area (TPSA) is 119 Å². The summed E-state index contributed by atoms with van der Waals surface area (Å²) >= 11 is 0. The first-order valence-corrected chi connectivity index (χ1v) is 10.6. The zero-order valence-electron chi connectivity index (χ0n) is 18.6. The average molecular weight is 472 g/mol. The van der Waals surface area contributed by atoms with Crippen LogP contribution >= 0.6 is 0 Å². The number of hydrogen-bond donors (Lipinski definition) is 2. The third kappa shape index (κ3) is 7.01. The number of nitrogens with one attached hydrogen (secondary N) is 2. The Balaban J connectivity index is 1.56. The minimum Gasteiger partial charge on any atom is -0.490 e. The van der Waals surface area contributed by atoms with Crippen molar-refractivity contribution in [2.75, 3.05) is 44.8 Å². The highest BCUT2D eigenvalue weighted by Gasteiger charge is 2.18. The SMILES string of the molecule is CCOc1cc(/C=N\NC(=O)C(=O)Nc2ccccc2F)ccc1OCC(=O)N1CCOCC1. The minimum atomic E-state index is -1.06. The van der Waals surface area contributed by atoms with Crippen molar-refractivity contribution in [1.82, 2.24) is 10.3 Å². The maximum atomic E-state index is 13.6. The van der Waals surface area contributed by atoms with Crippen molar-refractivity contribution in [2.24, 2.45) is 5.10 Å². The van der Waals surface area contributed by atoms with E-state index in [2.05, 4.69) is 15.8 Å². The van der Waals surface area contributed by atoms with Crippen LogP contribution < -0.4 is 20.2 Å². The summed E-state index contributed by atoms with van der Waals surface area (Å²) < 4.78 is 30.1. The summed E-state index contributed by atoms with van der Waals surface area (Å²) in [5, 5.41) is 5.91. The highest BCUT2D eigenvalue weighted by Crippen LogP contribution is 2.28. The molecule has 3 rings (SSSR count). The molecule has 10 nitrogen and oxygen atoms in total. The van der Waals surface area contributed by atoms with Crippen LogP contribution in [0.15, 0.2) is 47.6 Å². The summed E-state index contributed by atoms with van der Waals surface area (Å²) in [5.74, 6) is -2.16. The van der Waals surface area contributed by atoms with Crippen molar-refractivity contribution >= 4 is 29.6 Å². The lowest BCUT2D eigenvalue weighted by Crippen LogP contribution is -2.43. The van der Waals surface area contributed by atoms with Gasteiger partial charge in [-0.1, -0.05) is 12.1 Å². The van der Waals surface area contributed by atoms with Gasteiger partial charge >= 0.3 is 11.8 Å². The Hall–Kier alpha value is -3.99. The number of carbonyl (C=O) groups excluding carboxylic acids is 3. The average Bonchev–Trinajstić information content (AvgIpc) is 2.85. The number of carbonyl (C=O) groups is 3. The Kier molecular flexibility index (Phi) is 8.92. The monoisotopic (exact) mass is 472 g/mol. The van der Waals surface area contributed by atoms with Gasteiger partial charge in [-0.25, -0.2) is 9.82 Å². The molecular formula is C23H25FN4O6. The summed E-state index contributed by atoms with van der Waals surface area (Å²) in [4.78, 5) is 37.8. The fourth-order valence-corrected chi connectivity index (χ4v) is 2.99. The number of benzene rings is 2. The van der Waals surface area contributed by atoms with Crippen LogP contribution in [-0.4, -0.2) is 68.4 Å². The predicted octanol–water partition coefficient (Wildman–Crippen LogP) is 1.55. The molecule has 0 atom stereocenters. The molecular weight excluding hydrogens is 447 g/mol. The van der Waals surface area contributed by atoms with Gasteiger partial charge < -0.3 is 24.4 Å². The molecule has 0 spiro atoms. The lowest BCUT2D eigenvalue weighted by atomic mass is 10.2. The van der Waals surface area contributed by atoms with Crippen LogP contribution in [0.25, 0.3) is 0 Å². The summed E-state index contributed by atoms with van der Waals surface area (Å²) in [6.45, 7) is 4.09. The molecule has 34 heavy (non-hydrogen) atoms. The number of hydrogen-bond acceptors (Lipinski definition) is 7. The lowest BCUT2D eigenvalue weighted by Gasteiger charge is -2.26. The van der Waals surface area contributed by atoms with Crippen molar-refractivity contribution in [3.05, 3.63) is 53.8 Å². The quantitative estimate of drug-likeness (QED) is 0.342. The van der Waals surface area contributed by atoms with Crippen molar-refractivity contribution in [3.63, 3.8) is 0 Å². The van der Waals surface area contributed by atoms with E-state index < -0.39 is 17.6 Å². The first-order valence-electron chi connectivity index (χ1n) is 10.6. The Morgan fingerprint density at radius 3 is 2.59 bits per heavy atom. The van der Waals surface area contributed by atoms with Crippen molar-refractivity contribution in [1.29, 1.82) is 0 Å². The second-order valence-corrected chi connectivity index (χ2v) is 7.05. The number of ether oxygens (including phenoxy) is 3. The van der Waals surface area contributed by atoms with Gasteiger partial charge in [0.15, 0.2) is 18.1 Å². The normalized spacial score (nSPS) is 13.4. The van der Waals surface area contributed by atoms with E-state index in [1.54, 1.807) is 30.0 Å². The Morgan fingerprint density at radius 1 is 1.09 bits per heavy atom. The summed E-state index contributed by atoms with van der Waals surface area (Å²) in [7, 11) is 0. The minimum absolute atomic E-state index is 0.115. The molecule has 1 fully saturated rings. The van der Waals surface area contributed by atoms with Gasteiger partial charge in [-0.3, -0.25) is 14.4 Å². The molecule has 1 saturated heterocycles. The Morgan fingerprint density at radius 2 is 1.85 bits per heavy atom. The molecule has 0 bridgehead atoms. The molecule has 0 unspecified atom stereocenters. The number of amides is 3. The van der Waals surface area contributed by atoms with E-state index in [1.807, 2.05) is 0 Å². The first-order chi connectivity index (χ1) is 16.5. The number of anilines is 1. The van der Waals surface area contributed by atoms with E-state index in [1.165, 1.54) is 24.4 Å². The zero-order valence-corrected chi connectivity index (χ0v) is 18.6. The first kappa shape index (κ1) is 24.6. The number of hydrazone groups is 1. The molecule has 2 aromatic carbocycles. The fraction of sp³-hybridized carbons (Fsp3) is 0.304. The van der Waals surface area contributed by atoms with Crippen LogP contribution in [-0.2, 0) is 19.1 Å². The maximum Gasteiger partial charge on any atom is 0.329 e. The van der Waals surface area contributed by atoms with Gasteiger partial charge in [0.05, 0.1) is 31.7 Å². The molecule has 2 aromatic rings. The smallest absolute Gasteiger partial charge is 0.329 e. The lowest BCUT2D eigenvalue weighted by molar-refractivity contribution is -0.137. The number of rotatable bonds is 8. The molecule has 0 radical (unpaired) electrons. The molecule has 3 amide bonds. The number of halogens is 1. The van der Waals surface area contributed by atoms with Gasteiger partial charge in [0.1, 0.15) is 5.82 Å². The third-order valence-electron chi connectivity index (χ3n) is 4.69. The molecule has 180 valence electrons. The van der Waals surface area contributed by atoms with Gasteiger partial charge in [-0.2, -0.15) is 5.10 Å². The van der Waals surface area contributed by atoms with Crippen molar-refractivity contribution in [2.45, 2.75) is 6.92 Å². The van der Waals surface area contributed by atoms with E-state index in [0.717, 1.165) is 6.07 Å². The zero-order chi connectivity index (χ0) is 24.3. The maximum absolute atomic E-state index is 13.6. The second kappa shape index (κ2) is 12.3. The standard InChI is InChI=1S/C23H25FN4O6/c1-2-33-20-13-16(7-8-19(20)34-15-21(29)28-9-11-32-12-10-28)14-25-27-23(31)22(30)26-18-6-4-3-5-17(18)24/h3-8,13-14H,2,9-12,15H2,1H3,(H,26,30)(H,27,31)/b25-14-. The summed E-state index contributed by atoms with van der Waals surface area (Å²) in [5.41, 5.74) is 2.51. The van der Waals surface area contributed by atoms with Gasteiger partial charge in [-0.05, 0) is 42.8 Å². The van der Waals surface area contributed by atoms with Gasteiger partial charge in [-0.15, -0.1) is 0 Å². The molecule has 1 heterocycles. The highest BCUT2D eigenvalue weighted by atomic mass is 19.1. The Bertz CT molecular complexity index is 1060. The fourth-order valence-electron chi connectivity index (χ4n) is 2.99. The van der Waals surface area contributed by atoms with E-state index in [9.17, 15) is 18.8 Å². The van der Waals surface area contributed by atoms with Crippen LogP contribution in [0.5, 0.6) is 11.5 Å². The van der Waals surface area contributed by atoms with Gasteiger partial charge in [0, 0.05) is 13.1 Å². The molecule has 0 saturated carbocycles. The predicted molar refractivity (Wildman–Crippen MR) is 121 cm³/mol. The van der Waals surface area contributed by atoms with Crippen LogP contribution in [0.2, 0.25) is 0 Å². The molecule has 11 heteroatoms. The van der Waals surface area contributed by atoms with Crippen LogP contribution in [0, 0.1) is 5.82 Å². The van der Waals surface area contributed by atoms with Crippen molar-refractivity contribution < 1.29 is 33.0 Å². The van der Waals surface area contributed by atoms with E-state index in [0.29, 0.717) is 50.0 Å².